The van der Waals surface area contributed by atoms with Crippen molar-refractivity contribution in [2.24, 2.45) is 5.92 Å². The highest BCUT2D eigenvalue weighted by molar-refractivity contribution is 4.58. The molecular weight excluding hydrogens is 173 g/mol. The number of ether oxygens (including phenoxy) is 1. The number of aliphatic hydroxyl groups is 1. The molecule has 0 rings (SSSR count). The Hall–Kier alpha value is -0.290. The maximum atomic E-state index is 11.5. The summed E-state index contributed by atoms with van der Waals surface area (Å²) < 4.78 is 38.7. The third-order valence-electron chi connectivity index (χ3n) is 1.32. The first-order valence-corrected chi connectivity index (χ1v) is 3.65. The molecule has 0 bridgehead atoms. The molecule has 2 nitrogen and oxygen atoms in total. The van der Waals surface area contributed by atoms with Crippen LogP contribution in [0.15, 0.2) is 0 Å². The second-order valence-corrected chi connectivity index (χ2v) is 2.94. The van der Waals surface area contributed by atoms with Crippen LogP contribution >= 0.6 is 0 Å². The van der Waals surface area contributed by atoms with E-state index in [1.807, 2.05) is 0 Å². The van der Waals surface area contributed by atoms with Crippen molar-refractivity contribution >= 4 is 0 Å². The Morgan fingerprint density at radius 3 is 2.17 bits per heavy atom. The largest absolute Gasteiger partial charge is 0.411 e. The summed E-state index contributed by atoms with van der Waals surface area (Å²) in [7, 11) is 0. The number of aliphatic hydroxyl groups excluding tert-OH is 1. The number of rotatable bonds is 4. The molecule has 1 unspecified atom stereocenters. The van der Waals surface area contributed by atoms with Gasteiger partial charge in [-0.1, -0.05) is 13.8 Å². The van der Waals surface area contributed by atoms with Gasteiger partial charge in [0.1, 0.15) is 6.61 Å². The van der Waals surface area contributed by atoms with E-state index in [9.17, 15) is 13.2 Å². The van der Waals surface area contributed by atoms with Crippen LogP contribution < -0.4 is 0 Å². The molecule has 1 atom stereocenters. The molecule has 0 heterocycles. The van der Waals surface area contributed by atoms with Gasteiger partial charge in [-0.2, -0.15) is 13.2 Å². The number of halogens is 3. The van der Waals surface area contributed by atoms with E-state index >= 15 is 0 Å². The van der Waals surface area contributed by atoms with Crippen LogP contribution in [-0.4, -0.2) is 30.6 Å². The van der Waals surface area contributed by atoms with E-state index in [1.54, 1.807) is 13.8 Å². The molecule has 1 N–H and O–H groups in total. The number of alkyl halides is 3. The van der Waals surface area contributed by atoms with Crippen LogP contribution in [-0.2, 0) is 4.74 Å². The van der Waals surface area contributed by atoms with Crippen molar-refractivity contribution in [2.45, 2.75) is 26.1 Å². The van der Waals surface area contributed by atoms with Crippen LogP contribution in [0, 0.1) is 5.92 Å². The Labute approximate surface area is 69.3 Å². The van der Waals surface area contributed by atoms with Crippen molar-refractivity contribution in [3.63, 3.8) is 0 Å². The average molecular weight is 186 g/mol. The first-order chi connectivity index (χ1) is 5.33. The lowest BCUT2D eigenvalue weighted by molar-refractivity contribution is -0.180. The smallest absolute Gasteiger partial charge is 0.390 e. The van der Waals surface area contributed by atoms with Crippen LogP contribution in [0.2, 0.25) is 0 Å². The van der Waals surface area contributed by atoms with Gasteiger partial charge in [-0.05, 0) is 5.92 Å². The van der Waals surface area contributed by atoms with Crippen LogP contribution in [0.1, 0.15) is 13.8 Å². The maximum absolute atomic E-state index is 11.5. The van der Waals surface area contributed by atoms with Crippen molar-refractivity contribution in [1.29, 1.82) is 0 Å². The van der Waals surface area contributed by atoms with Crippen LogP contribution in [0.3, 0.4) is 0 Å². The van der Waals surface area contributed by atoms with E-state index in [0.717, 1.165) is 0 Å². The Morgan fingerprint density at radius 2 is 1.83 bits per heavy atom. The van der Waals surface area contributed by atoms with E-state index in [0.29, 0.717) is 0 Å². The first-order valence-electron chi connectivity index (χ1n) is 3.65. The Balaban J connectivity index is 3.44. The minimum atomic E-state index is -4.31. The molecule has 0 aliphatic heterocycles. The first kappa shape index (κ1) is 11.7. The SMILES string of the molecule is CC(C)C(O)COCC(F)(F)F. The Morgan fingerprint density at radius 1 is 1.33 bits per heavy atom. The molecule has 0 aliphatic carbocycles. The molecule has 0 aromatic rings. The molecule has 0 saturated carbocycles. The zero-order valence-corrected chi connectivity index (χ0v) is 7.06. The van der Waals surface area contributed by atoms with Crippen LogP contribution in [0.4, 0.5) is 13.2 Å². The zero-order chi connectivity index (χ0) is 9.78. The quantitative estimate of drug-likeness (QED) is 0.722. The van der Waals surface area contributed by atoms with E-state index in [2.05, 4.69) is 4.74 Å². The lowest BCUT2D eigenvalue weighted by Crippen LogP contribution is -2.25. The molecule has 0 saturated heterocycles. The molecule has 0 radical (unpaired) electrons. The van der Waals surface area contributed by atoms with Gasteiger partial charge in [-0.15, -0.1) is 0 Å². The molecule has 0 spiro atoms. The van der Waals surface area contributed by atoms with E-state index < -0.39 is 18.9 Å². The molecule has 0 fully saturated rings. The highest BCUT2D eigenvalue weighted by atomic mass is 19.4. The lowest BCUT2D eigenvalue weighted by Gasteiger charge is -2.15. The number of hydrogen-bond donors (Lipinski definition) is 1. The highest BCUT2D eigenvalue weighted by Gasteiger charge is 2.27. The van der Waals surface area contributed by atoms with Crippen molar-refractivity contribution in [2.75, 3.05) is 13.2 Å². The van der Waals surface area contributed by atoms with Gasteiger partial charge in [0, 0.05) is 0 Å². The van der Waals surface area contributed by atoms with Crippen molar-refractivity contribution in [3.05, 3.63) is 0 Å². The van der Waals surface area contributed by atoms with Crippen LogP contribution in [0.5, 0.6) is 0 Å². The van der Waals surface area contributed by atoms with Crippen molar-refractivity contribution in [1.82, 2.24) is 0 Å². The normalized spacial score (nSPS) is 15.2. The Bertz CT molecular complexity index is 122. The lowest BCUT2D eigenvalue weighted by atomic mass is 10.1. The van der Waals surface area contributed by atoms with Crippen molar-refractivity contribution < 1.29 is 23.0 Å². The minimum Gasteiger partial charge on any atom is -0.390 e. The summed E-state index contributed by atoms with van der Waals surface area (Å²) >= 11 is 0. The summed E-state index contributed by atoms with van der Waals surface area (Å²) in [4.78, 5) is 0. The van der Waals surface area contributed by atoms with Gasteiger partial charge in [-0.25, -0.2) is 0 Å². The van der Waals surface area contributed by atoms with Gasteiger partial charge in [0.2, 0.25) is 0 Å². The third kappa shape index (κ3) is 6.42. The summed E-state index contributed by atoms with van der Waals surface area (Å²) in [6, 6.07) is 0. The fraction of sp³-hybridized carbons (Fsp3) is 1.00. The third-order valence-corrected chi connectivity index (χ3v) is 1.32. The molecule has 0 aliphatic rings. The van der Waals surface area contributed by atoms with Gasteiger partial charge in [0.05, 0.1) is 12.7 Å². The molecule has 5 heteroatoms. The standard InChI is InChI=1S/C7H13F3O2/c1-5(2)6(11)3-12-4-7(8,9)10/h5-6,11H,3-4H2,1-2H3. The highest BCUT2D eigenvalue weighted by Crippen LogP contribution is 2.14. The molecular formula is C7H13F3O2. The Kier molecular flexibility index (Phi) is 4.55. The predicted molar refractivity (Wildman–Crippen MR) is 37.7 cm³/mol. The molecule has 0 amide bonds. The summed E-state index contributed by atoms with van der Waals surface area (Å²) in [6.07, 6.45) is -5.14. The molecule has 12 heavy (non-hydrogen) atoms. The van der Waals surface area contributed by atoms with E-state index in [-0.39, 0.29) is 12.5 Å². The van der Waals surface area contributed by atoms with Gasteiger partial charge < -0.3 is 9.84 Å². The van der Waals surface area contributed by atoms with Crippen molar-refractivity contribution in [3.8, 4) is 0 Å². The summed E-state index contributed by atoms with van der Waals surface area (Å²) in [5, 5.41) is 9.03. The van der Waals surface area contributed by atoms with E-state index in [1.165, 1.54) is 0 Å². The fourth-order valence-electron chi connectivity index (χ4n) is 0.488. The molecule has 0 aromatic heterocycles. The topological polar surface area (TPSA) is 29.5 Å². The zero-order valence-electron chi connectivity index (χ0n) is 7.06. The average Bonchev–Trinajstić information content (AvgIpc) is 1.84. The second-order valence-electron chi connectivity index (χ2n) is 2.94. The summed E-state index contributed by atoms with van der Waals surface area (Å²) in [5.74, 6) is -0.0850. The molecule has 74 valence electrons. The van der Waals surface area contributed by atoms with E-state index in [4.69, 9.17) is 5.11 Å². The minimum absolute atomic E-state index is 0.0850. The van der Waals surface area contributed by atoms with Gasteiger partial charge >= 0.3 is 6.18 Å². The maximum Gasteiger partial charge on any atom is 0.411 e. The second kappa shape index (κ2) is 4.67. The van der Waals surface area contributed by atoms with Gasteiger partial charge in [-0.3, -0.25) is 0 Å². The monoisotopic (exact) mass is 186 g/mol. The summed E-state index contributed by atoms with van der Waals surface area (Å²) in [5.41, 5.74) is 0. The van der Waals surface area contributed by atoms with Gasteiger partial charge in [0.25, 0.3) is 0 Å². The molecule has 0 aromatic carbocycles. The fourth-order valence-corrected chi connectivity index (χ4v) is 0.488. The predicted octanol–water partition coefficient (Wildman–Crippen LogP) is 1.58. The summed E-state index contributed by atoms with van der Waals surface area (Å²) in [6.45, 7) is 1.86. The number of hydrogen-bond acceptors (Lipinski definition) is 2. The van der Waals surface area contributed by atoms with Gasteiger partial charge in [0.15, 0.2) is 0 Å². The van der Waals surface area contributed by atoms with Crippen LogP contribution in [0.25, 0.3) is 0 Å².